The normalized spacial score (nSPS) is 18.3. The smallest absolute Gasteiger partial charge is 0.121 e. The molecule has 3 heteroatoms. The molecule has 0 atom stereocenters. The molecule has 0 saturated heterocycles. The van der Waals surface area contributed by atoms with Crippen molar-refractivity contribution in [2.24, 2.45) is 11.8 Å². The van der Waals surface area contributed by atoms with Gasteiger partial charge in [0, 0.05) is 30.2 Å². The van der Waals surface area contributed by atoms with Gasteiger partial charge in [0.15, 0.2) is 0 Å². The van der Waals surface area contributed by atoms with Gasteiger partial charge in [0.05, 0.1) is 5.52 Å². The fraction of sp³-hybridized carbons (Fsp3) is 0.500. The first-order valence-electron chi connectivity index (χ1n) is 8.11. The van der Waals surface area contributed by atoms with Gasteiger partial charge in [-0.15, -0.1) is 0 Å². The predicted octanol–water partition coefficient (Wildman–Crippen LogP) is 3.39. The summed E-state index contributed by atoms with van der Waals surface area (Å²) in [7, 11) is 0. The maximum atomic E-state index is 5.86. The molecular weight excluding hydrogens is 260 g/mol. The Labute approximate surface area is 125 Å². The Kier molecular flexibility index (Phi) is 3.52. The van der Waals surface area contributed by atoms with Crippen molar-refractivity contribution >= 4 is 10.9 Å². The average molecular weight is 282 g/mol. The Balaban J connectivity index is 1.29. The van der Waals surface area contributed by atoms with Crippen molar-refractivity contribution in [3.8, 4) is 5.75 Å². The van der Waals surface area contributed by atoms with Crippen LogP contribution in [0.2, 0.25) is 0 Å². The van der Waals surface area contributed by atoms with Gasteiger partial charge >= 0.3 is 0 Å². The molecule has 1 heterocycles. The van der Waals surface area contributed by atoms with Gasteiger partial charge in [-0.2, -0.15) is 0 Å². The second kappa shape index (κ2) is 5.64. The molecule has 110 valence electrons. The van der Waals surface area contributed by atoms with E-state index in [9.17, 15) is 0 Å². The van der Waals surface area contributed by atoms with Crippen molar-refractivity contribution in [1.82, 2.24) is 10.3 Å². The molecule has 0 amide bonds. The molecule has 0 unspecified atom stereocenters. The number of fused-ring (bicyclic) bond motifs is 1. The fourth-order valence-electron chi connectivity index (χ4n) is 3.16. The third-order valence-corrected chi connectivity index (χ3v) is 4.59. The zero-order valence-electron chi connectivity index (χ0n) is 12.3. The molecule has 3 nitrogen and oxygen atoms in total. The summed E-state index contributed by atoms with van der Waals surface area (Å²) in [5, 5.41) is 4.87. The first kappa shape index (κ1) is 13.1. The topological polar surface area (TPSA) is 34.1 Å². The molecule has 0 bridgehead atoms. The van der Waals surface area contributed by atoms with Crippen molar-refractivity contribution in [3.63, 3.8) is 0 Å². The molecular formula is C18H22N2O. The highest BCUT2D eigenvalue weighted by atomic mass is 16.5. The average Bonchev–Trinajstić information content (AvgIpc) is 3.39. The van der Waals surface area contributed by atoms with Crippen molar-refractivity contribution in [1.29, 1.82) is 0 Å². The largest absolute Gasteiger partial charge is 0.492 e. The number of rotatable bonds is 7. The first-order chi connectivity index (χ1) is 10.4. The van der Waals surface area contributed by atoms with E-state index in [-0.39, 0.29) is 0 Å². The van der Waals surface area contributed by atoms with Gasteiger partial charge in [-0.25, -0.2) is 0 Å². The van der Waals surface area contributed by atoms with E-state index in [1.807, 2.05) is 24.4 Å². The molecule has 2 saturated carbocycles. The first-order valence-corrected chi connectivity index (χ1v) is 8.11. The summed E-state index contributed by atoms with van der Waals surface area (Å²) in [5.41, 5.74) is 0.997. The molecule has 0 radical (unpaired) electrons. The Hall–Kier alpha value is -1.61. The van der Waals surface area contributed by atoms with Crippen LogP contribution in [0.3, 0.4) is 0 Å². The highest BCUT2D eigenvalue weighted by Gasteiger charge is 2.40. The van der Waals surface area contributed by atoms with E-state index >= 15 is 0 Å². The minimum absolute atomic E-state index is 0.730. The summed E-state index contributed by atoms with van der Waals surface area (Å²) < 4.78 is 5.86. The number of nitrogens with one attached hydrogen (secondary N) is 1. The Morgan fingerprint density at radius 2 is 1.95 bits per heavy atom. The molecule has 2 aromatic rings. The van der Waals surface area contributed by atoms with Crippen molar-refractivity contribution in [2.45, 2.75) is 31.7 Å². The summed E-state index contributed by atoms with van der Waals surface area (Å²) >= 11 is 0. The van der Waals surface area contributed by atoms with Crippen LogP contribution in [0.25, 0.3) is 10.9 Å². The Morgan fingerprint density at radius 1 is 1.14 bits per heavy atom. The quantitative estimate of drug-likeness (QED) is 0.790. The monoisotopic (exact) mass is 282 g/mol. The number of benzene rings is 1. The van der Waals surface area contributed by atoms with Gasteiger partial charge < -0.3 is 10.1 Å². The van der Waals surface area contributed by atoms with Crippen LogP contribution < -0.4 is 10.1 Å². The van der Waals surface area contributed by atoms with Gasteiger partial charge in [0.1, 0.15) is 12.4 Å². The molecule has 2 aliphatic rings. The zero-order valence-corrected chi connectivity index (χ0v) is 12.3. The standard InChI is InChI=1S/C18H22N2O/c1-2-13-7-8-16(12-17(13)19-9-1)21-11-10-20-18(14-3-4-14)15-5-6-15/h1-2,7-9,12,14-15,18,20H,3-6,10-11H2. The molecule has 4 rings (SSSR count). The number of hydrogen-bond acceptors (Lipinski definition) is 3. The maximum absolute atomic E-state index is 5.86. The van der Waals surface area contributed by atoms with Crippen molar-refractivity contribution in [3.05, 3.63) is 36.5 Å². The lowest BCUT2D eigenvalue weighted by atomic mass is 10.1. The predicted molar refractivity (Wildman–Crippen MR) is 84.5 cm³/mol. The number of nitrogens with zero attached hydrogens (tertiary/aromatic N) is 1. The van der Waals surface area contributed by atoms with Crippen LogP contribution in [0.4, 0.5) is 0 Å². The Bertz CT molecular complexity index is 607. The highest BCUT2D eigenvalue weighted by molar-refractivity contribution is 5.79. The number of pyridine rings is 1. The lowest BCUT2D eigenvalue weighted by Gasteiger charge is -2.17. The van der Waals surface area contributed by atoms with Gasteiger partial charge in [-0.1, -0.05) is 6.07 Å². The van der Waals surface area contributed by atoms with E-state index in [1.165, 1.54) is 25.7 Å². The fourth-order valence-corrected chi connectivity index (χ4v) is 3.16. The van der Waals surface area contributed by atoms with Crippen LogP contribution in [0, 0.1) is 11.8 Å². The van der Waals surface area contributed by atoms with Crippen LogP contribution in [-0.2, 0) is 0 Å². The maximum Gasteiger partial charge on any atom is 0.121 e. The van der Waals surface area contributed by atoms with E-state index in [0.29, 0.717) is 0 Å². The van der Waals surface area contributed by atoms with E-state index in [0.717, 1.165) is 47.7 Å². The molecule has 0 spiro atoms. The molecule has 2 fully saturated rings. The minimum atomic E-state index is 0.730. The van der Waals surface area contributed by atoms with Crippen LogP contribution in [0.1, 0.15) is 25.7 Å². The van der Waals surface area contributed by atoms with Gasteiger partial charge in [0.25, 0.3) is 0 Å². The summed E-state index contributed by atoms with van der Waals surface area (Å²) in [5.74, 6) is 2.81. The second-order valence-electron chi connectivity index (χ2n) is 6.36. The van der Waals surface area contributed by atoms with Crippen LogP contribution in [0.15, 0.2) is 36.5 Å². The summed E-state index contributed by atoms with van der Waals surface area (Å²) in [6.45, 7) is 1.67. The van der Waals surface area contributed by atoms with Gasteiger partial charge in [-0.3, -0.25) is 4.98 Å². The van der Waals surface area contributed by atoms with Crippen LogP contribution in [-0.4, -0.2) is 24.2 Å². The van der Waals surface area contributed by atoms with Crippen LogP contribution >= 0.6 is 0 Å². The lowest BCUT2D eigenvalue weighted by molar-refractivity contribution is 0.294. The third kappa shape index (κ3) is 3.18. The molecule has 1 N–H and O–H groups in total. The highest BCUT2D eigenvalue weighted by Crippen LogP contribution is 2.44. The SMILES string of the molecule is c1cnc2cc(OCCNC(C3CC3)C3CC3)ccc2c1. The molecule has 0 aliphatic heterocycles. The summed E-state index contributed by atoms with van der Waals surface area (Å²) in [4.78, 5) is 4.37. The van der Waals surface area contributed by atoms with E-state index < -0.39 is 0 Å². The van der Waals surface area contributed by atoms with Gasteiger partial charge in [-0.05, 0) is 55.7 Å². The lowest BCUT2D eigenvalue weighted by Crippen LogP contribution is -2.36. The number of aromatic nitrogens is 1. The molecule has 1 aromatic carbocycles. The van der Waals surface area contributed by atoms with Crippen molar-refractivity contribution in [2.75, 3.05) is 13.2 Å². The van der Waals surface area contributed by atoms with E-state index in [2.05, 4.69) is 22.4 Å². The summed E-state index contributed by atoms with van der Waals surface area (Å²) in [6, 6.07) is 10.9. The Morgan fingerprint density at radius 3 is 2.71 bits per heavy atom. The third-order valence-electron chi connectivity index (χ3n) is 4.59. The number of ether oxygens (including phenoxy) is 1. The van der Waals surface area contributed by atoms with E-state index in [1.54, 1.807) is 0 Å². The zero-order chi connectivity index (χ0) is 14.1. The molecule has 1 aromatic heterocycles. The van der Waals surface area contributed by atoms with Crippen molar-refractivity contribution < 1.29 is 4.74 Å². The minimum Gasteiger partial charge on any atom is -0.492 e. The van der Waals surface area contributed by atoms with Gasteiger partial charge in [0.2, 0.25) is 0 Å². The molecule has 21 heavy (non-hydrogen) atoms. The van der Waals surface area contributed by atoms with Crippen LogP contribution in [0.5, 0.6) is 5.75 Å². The van der Waals surface area contributed by atoms with E-state index in [4.69, 9.17) is 4.74 Å². The second-order valence-corrected chi connectivity index (χ2v) is 6.36. The number of hydrogen-bond donors (Lipinski definition) is 1. The molecule has 2 aliphatic carbocycles. The summed E-state index contributed by atoms with van der Waals surface area (Å²) in [6.07, 6.45) is 7.51.